The molecule has 1 heterocycles. The number of hydrogen-bond donors (Lipinski definition) is 0. The van der Waals surface area contributed by atoms with Crippen molar-refractivity contribution >= 4 is 11.9 Å². The van der Waals surface area contributed by atoms with Crippen molar-refractivity contribution in [3.8, 4) is 0 Å². The van der Waals surface area contributed by atoms with Gasteiger partial charge in [-0.25, -0.2) is 4.79 Å². The summed E-state index contributed by atoms with van der Waals surface area (Å²) in [5.74, 6) is 0.720. The number of likely N-dealkylation sites (tertiary alicyclic amines) is 1. The van der Waals surface area contributed by atoms with E-state index in [2.05, 4.69) is 6.92 Å². The minimum atomic E-state index is -0.0209. The Bertz CT molecular complexity index is 308. The van der Waals surface area contributed by atoms with Gasteiger partial charge in [-0.3, -0.25) is 4.79 Å². The standard InChI is InChI=1S/C14H27N3O2/c1-5-16(6-2)13(18)11-15(4)14(19)17-9-7-12(3)8-10-17/h12H,5-11H2,1-4H3. The Morgan fingerprint density at radius 3 is 2.16 bits per heavy atom. The maximum absolute atomic E-state index is 12.2. The molecule has 0 aromatic heterocycles. The highest BCUT2D eigenvalue weighted by molar-refractivity contribution is 5.84. The van der Waals surface area contributed by atoms with E-state index in [-0.39, 0.29) is 18.5 Å². The zero-order valence-electron chi connectivity index (χ0n) is 12.7. The molecule has 1 rings (SSSR count). The van der Waals surface area contributed by atoms with Crippen LogP contribution in [0.15, 0.2) is 0 Å². The molecule has 0 aromatic carbocycles. The summed E-state index contributed by atoms with van der Waals surface area (Å²) in [7, 11) is 1.71. The van der Waals surface area contributed by atoms with E-state index in [4.69, 9.17) is 0 Å². The second kappa shape index (κ2) is 7.36. The lowest BCUT2D eigenvalue weighted by molar-refractivity contribution is -0.131. The molecule has 0 aliphatic carbocycles. The summed E-state index contributed by atoms with van der Waals surface area (Å²) >= 11 is 0. The van der Waals surface area contributed by atoms with Crippen LogP contribution in [0.5, 0.6) is 0 Å². The average Bonchev–Trinajstić information content (AvgIpc) is 2.40. The summed E-state index contributed by atoms with van der Waals surface area (Å²) in [6.07, 6.45) is 2.12. The third-order valence-corrected chi connectivity index (χ3v) is 3.87. The first-order valence-electron chi connectivity index (χ1n) is 7.27. The molecule has 0 saturated carbocycles. The summed E-state index contributed by atoms with van der Waals surface area (Å²) < 4.78 is 0. The Morgan fingerprint density at radius 2 is 1.68 bits per heavy atom. The number of nitrogens with zero attached hydrogens (tertiary/aromatic N) is 3. The van der Waals surface area contributed by atoms with Crippen LogP contribution < -0.4 is 0 Å². The number of urea groups is 1. The van der Waals surface area contributed by atoms with Crippen LogP contribution in [0.1, 0.15) is 33.6 Å². The molecule has 1 aliphatic rings. The van der Waals surface area contributed by atoms with Gasteiger partial charge in [0.05, 0.1) is 0 Å². The Hall–Kier alpha value is -1.26. The van der Waals surface area contributed by atoms with Crippen molar-refractivity contribution in [1.82, 2.24) is 14.7 Å². The fraction of sp³-hybridized carbons (Fsp3) is 0.857. The average molecular weight is 269 g/mol. The molecule has 0 radical (unpaired) electrons. The lowest BCUT2D eigenvalue weighted by Gasteiger charge is -2.33. The molecular formula is C14H27N3O2. The lowest BCUT2D eigenvalue weighted by Crippen LogP contribution is -2.48. The second-order valence-electron chi connectivity index (χ2n) is 5.37. The minimum Gasteiger partial charge on any atom is -0.342 e. The highest BCUT2D eigenvalue weighted by Crippen LogP contribution is 2.16. The number of hydrogen-bond acceptors (Lipinski definition) is 2. The molecule has 0 aromatic rings. The zero-order chi connectivity index (χ0) is 14.4. The van der Waals surface area contributed by atoms with Crippen LogP contribution in [-0.2, 0) is 4.79 Å². The van der Waals surface area contributed by atoms with E-state index in [0.29, 0.717) is 19.0 Å². The molecule has 1 fully saturated rings. The SMILES string of the molecule is CCN(CC)C(=O)CN(C)C(=O)N1CCC(C)CC1. The van der Waals surface area contributed by atoms with Gasteiger partial charge in [-0.15, -0.1) is 0 Å². The first kappa shape index (κ1) is 15.8. The highest BCUT2D eigenvalue weighted by atomic mass is 16.2. The molecule has 0 atom stereocenters. The number of carbonyl (C=O) groups excluding carboxylic acids is 2. The van der Waals surface area contributed by atoms with Gasteiger partial charge in [-0.05, 0) is 32.6 Å². The maximum Gasteiger partial charge on any atom is 0.320 e. The van der Waals surface area contributed by atoms with Gasteiger partial charge >= 0.3 is 6.03 Å². The van der Waals surface area contributed by atoms with E-state index in [1.165, 1.54) is 4.90 Å². The van der Waals surface area contributed by atoms with E-state index in [1.807, 2.05) is 18.7 Å². The lowest BCUT2D eigenvalue weighted by atomic mass is 10.00. The fourth-order valence-corrected chi connectivity index (χ4v) is 2.39. The molecular weight excluding hydrogens is 242 g/mol. The summed E-state index contributed by atoms with van der Waals surface area (Å²) in [6, 6.07) is -0.0209. The molecule has 5 heteroatoms. The number of amides is 3. The topological polar surface area (TPSA) is 43.9 Å². The van der Waals surface area contributed by atoms with Gasteiger partial charge in [0, 0.05) is 33.2 Å². The van der Waals surface area contributed by atoms with E-state index >= 15 is 0 Å². The van der Waals surface area contributed by atoms with E-state index in [0.717, 1.165) is 25.9 Å². The van der Waals surface area contributed by atoms with Gasteiger partial charge in [-0.1, -0.05) is 6.92 Å². The zero-order valence-corrected chi connectivity index (χ0v) is 12.7. The van der Waals surface area contributed by atoms with Crippen LogP contribution in [-0.4, -0.2) is 66.4 Å². The Morgan fingerprint density at radius 1 is 1.16 bits per heavy atom. The van der Waals surface area contributed by atoms with Crippen molar-refractivity contribution in [1.29, 1.82) is 0 Å². The predicted octanol–water partition coefficient (Wildman–Crippen LogP) is 1.64. The van der Waals surface area contributed by atoms with Gasteiger partial charge in [-0.2, -0.15) is 0 Å². The van der Waals surface area contributed by atoms with Crippen molar-refractivity contribution in [2.45, 2.75) is 33.6 Å². The number of piperidine rings is 1. The maximum atomic E-state index is 12.2. The fourth-order valence-electron chi connectivity index (χ4n) is 2.39. The first-order chi connectivity index (χ1) is 8.99. The number of rotatable bonds is 4. The third kappa shape index (κ3) is 4.40. The van der Waals surface area contributed by atoms with Crippen molar-refractivity contribution in [3.63, 3.8) is 0 Å². The smallest absolute Gasteiger partial charge is 0.320 e. The third-order valence-electron chi connectivity index (χ3n) is 3.87. The van der Waals surface area contributed by atoms with E-state index in [1.54, 1.807) is 11.9 Å². The molecule has 5 nitrogen and oxygen atoms in total. The van der Waals surface area contributed by atoms with Crippen LogP contribution in [0.3, 0.4) is 0 Å². The molecule has 1 saturated heterocycles. The van der Waals surface area contributed by atoms with Crippen molar-refractivity contribution in [3.05, 3.63) is 0 Å². The molecule has 3 amide bonds. The summed E-state index contributed by atoms with van der Waals surface area (Å²) in [6.45, 7) is 9.30. The summed E-state index contributed by atoms with van der Waals surface area (Å²) in [5.41, 5.74) is 0. The summed E-state index contributed by atoms with van der Waals surface area (Å²) in [4.78, 5) is 29.3. The Labute approximate surface area is 116 Å². The van der Waals surface area contributed by atoms with Crippen LogP contribution in [0.2, 0.25) is 0 Å². The molecule has 0 N–H and O–H groups in total. The van der Waals surface area contributed by atoms with Crippen molar-refractivity contribution in [2.24, 2.45) is 5.92 Å². The first-order valence-corrected chi connectivity index (χ1v) is 7.27. The number of likely N-dealkylation sites (N-methyl/N-ethyl adjacent to an activating group) is 2. The normalized spacial score (nSPS) is 16.3. The van der Waals surface area contributed by atoms with Gasteiger partial charge in [0.2, 0.25) is 5.91 Å². The van der Waals surface area contributed by atoms with Crippen LogP contribution >= 0.6 is 0 Å². The largest absolute Gasteiger partial charge is 0.342 e. The molecule has 1 aliphatic heterocycles. The van der Waals surface area contributed by atoms with Crippen LogP contribution in [0.4, 0.5) is 4.79 Å². The Balaban J connectivity index is 2.46. The van der Waals surface area contributed by atoms with Crippen molar-refractivity contribution in [2.75, 3.05) is 39.8 Å². The van der Waals surface area contributed by atoms with Gasteiger partial charge in [0.1, 0.15) is 6.54 Å². The molecule has 0 spiro atoms. The highest BCUT2D eigenvalue weighted by Gasteiger charge is 2.24. The molecule has 110 valence electrons. The molecule has 0 unspecified atom stereocenters. The number of carbonyl (C=O) groups is 2. The van der Waals surface area contributed by atoms with Gasteiger partial charge in [0.25, 0.3) is 0 Å². The van der Waals surface area contributed by atoms with Crippen molar-refractivity contribution < 1.29 is 9.59 Å². The molecule has 19 heavy (non-hydrogen) atoms. The van der Waals surface area contributed by atoms with Crippen LogP contribution in [0.25, 0.3) is 0 Å². The quantitative estimate of drug-likeness (QED) is 0.778. The van der Waals surface area contributed by atoms with E-state index in [9.17, 15) is 9.59 Å². The predicted molar refractivity (Wildman–Crippen MR) is 75.9 cm³/mol. The Kier molecular flexibility index (Phi) is 6.12. The van der Waals surface area contributed by atoms with Gasteiger partial charge in [0.15, 0.2) is 0 Å². The van der Waals surface area contributed by atoms with E-state index < -0.39 is 0 Å². The summed E-state index contributed by atoms with van der Waals surface area (Å²) in [5, 5.41) is 0. The van der Waals surface area contributed by atoms with Crippen LogP contribution in [0, 0.1) is 5.92 Å². The molecule has 0 bridgehead atoms. The van der Waals surface area contributed by atoms with Gasteiger partial charge < -0.3 is 14.7 Å². The second-order valence-corrected chi connectivity index (χ2v) is 5.37. The monoisotopic (exact) mass is 269 g/mol. The minimum absolute atomic E-state index is 0.0197.